The molecule has 0 heterocycles. The second kappa shape index (κ2) is 12.6. The normalized spacial score (nSPS) is 13.7. The molecule has 0 radical (unpaired) electrons. The molecule has 32 heavy (non-hydrogen) atoms. The molecule has 0 N–H and O–H groups in total. The van der Waals surface area contributed by atoms with E-state index >= 15 is 0 Å². The van der Waals surface area contributed by atoms with Gasteiger partial charge >= 0.3 is 0 Å². The smallest absolute Gasteiger partial charge is 0.230 e. The maximum Gasteiger partial charge on any atom is 0.230 e. The van der Waals surface area contributed by atoms with Crippen LogP contribution in [-0.4, -0.2) is 38.3 Å². The Morgan fingerprint density at radius 2 is 1.53 bits per heavy atom. The lowest BCUT2D eigenvalue weighted by Gasteiger charge is -2.49. The van der Waals surface area contributed by atoms with E-state index in [-0.39, 0.29) is 12.4 Å². The number of benzene rings is 2. The Labute approximate surface area is 203 Å². The average molecular weight is 462 g/mol. The van der Waals surface area contributed by atoms with Crippen molar-refractivity contribution in [3.05, 3.63) is 65.2 Å². The molecule has 0 aliphatic carbocycles. The zero-order valence-corrected chi connectivity index (χ0v) is 22.2. The first-order valence-electron chi connectivity index (χ1n) is 11.9. The third-order valence-corrected chi connectivity index (χ3v) is 6.33. The van der Waals surface area contributed by atoms with Crippen molar-refractivity contribution >= 4 is 0 Å². The molecule has 1 atom stereocenters. The standard InChI is InChI=1S/C28H44NO2.ClH/c1-9-29(7,8)28(21-23(4)5,31-19-18-30-25-15-11-10-12-16-25)27-17-13-14-24(6)26(27)20-22(2)3;/h10-17,22-23H,9,18-21H2,1-8H3;1H/q+1;/p-1. The van der Waals surface area contributed by atoms with Crippen LogP contribution in [0.25, 0.3) is 0 Å². The molecule has 0 spiro atoms. The van der Waals surface area contributed by atoms with Crippen LogP contribution in [0.15, 0.2) is 48.5 Å². The fraction of sp³-hybridized carbons (Fsp3) is 0.571. The van der Waals surface area contributed by atoms with E-state index < -0.39 is 5.72 Å². The molecule has 4 heteroatoms. The first-order valence-corrected chi connectivity index (χ1v) is 11.9. The van der Waals surface area contributed by atoms with Crippen molar-refractivity contribution in [2.75, 3.05) is 33.9 Å². The maximum absolute atomic E-state index is 6.93. The van der Waals surface area contributed by atoms with Gasteiger partial charge in [-0.05, 0) is 61.4 Å². The van der Waals surface area contributed by atoms with Gasteiger partial charge in [-0.1, -0.05) is 58.0 Å². The van der Waals surface area contributed by atoms with Crippen LogP contribution >= 0.6 is 0 Å². The zero-order chi connectivity index (χ0) is 23.1. The van der Waals surface area contributed by atoms with E-state index in [2.05, 4.69) is 73.8 Å². The van der Waals surface area contributed by atoms with Gasteiger partial charge < -0.3 is 21.9 Å². The summed E-state index contributed by atoms with van der Waals surface area (Å²) in [6.07, 6.45) is 2.03. The molecule has 0 saturated carbocycles. The number of halogens is 1. The Morgan fingerprint density at radius 3 is 2.09 bits per heavy atom. The summed E-state index contributed by atoms with van der Waals surface area (Å²) in [6.45, 7) is 15.8. The van der Waals surface area contributed by atoms with E-state index in [1.807, 2.05) is 30.3 Å². The molecule has 0 aromatic heterocycles. The number of hydrogen-bond acceptors (Lipinski definition) is 2. The summed E-state index contributed by atoms with van der Waals surface area (Å²) in [6, 6.07) is 16.7. The highest BCUT2D eigenvalue weighted by molar-refractivity contribution is 5.38. The van der Waals surface area contributed by atoms with Gasteiger partial charge in [0, 0.05) is 12.0 Å². The number of ether oxygens (including phenoxy) is 2. The van der Waals surface area contributed by atoms with Crippen LogP contribution in [0.5, 0.6) is 5.75 Å². The molecule has 0 aliphatic heterocycles. The minimum Gasteiger partial charge on any atom is -1.00 e. The third kappa shape index (κ3) is 6.97. The number of hydrogen-bond donors (Lipinski definition) is 0. The van der Waals surface area contributed by atoms with Crippen LogP contribution < -0.4 is 17.1 Å². The number of rotatable bonds is 12. The maximum atomic E-state index is 6.93. The number of nitrogens with zero attached hydrogens (tertiary/aromatic N) is 1. The lowest BCUT2D eigenvalue weighted by molar-refractivity contribution is -0.977. The molecular formula is C28H44ClNO2. The van der Waals surface area contributed by atoms with Gasteiger partial charge in [-0.3, -0.25) is 4.48 Å². The van der Waals surface area contributed by atoms with E-state index in [9.17, 15) is 0 Å². The van der Waals surface area contributed by atoms with E-state index in [4.69, 9.17) is 9.47 Å². The Bertz CT molecular complexity index is 804. The monoisotopic (exact) mass is 461 g/mol. The largest absolute Gasteiger partial charge is 1.00 e. The number of quaternary nitrogens is 1. The van der Waals surface area contributed by atoms with Gasteiger partial charge in [0.25, 0.3) is 0 Å². The van der Waals surface area contributed by atoms with Crippen LogP contribution in [-0.2, 0) is 16.9 Å². The fourth-order valence-electron chi connectivity index (χ4n) is 4.44. The van der Waals surface area contributed by atoms with E-state index in [0.717, 1.165) is 29.6 Å². The van der Waals surface area contributed by atoms with Crippen molar-refractivity contribution in [2.45, 2.75) is 60.1 Å². The van der Waals surface area contributed by atoms with Gasteiger partial charge in [0.15, 0.2) is 0 Å². The molecule has 0 amide bonds. The minimum atomic E-state index is -0.417. The summed E-state index contributed by atoms with van der Waals surface area (Å²) < 4.78 is 13.7. The van der Waals surface area contributed by atoms with E-state index in [1.165, 1.54) is 16.7 Å². The molecule has 1 unspecified atom stereocenters. The summed E-state index contributed by atoms with van der Waals surface area (Å²) in [5, 5.41) is 0. The lowest BCUT2D eigenvalue weighted by Crippen LogP contribution is -3.00. The van der Waals surface area contributed by atoms with Gasteiger partial charge in [-0.2, -0.15) is 0 Å². The number of aryl methyl sites for hydroxylation is 1. The number of para-hydroxylation sites is 1. The Morgan fingerprint density at radius 1 is 0.875 bits per heavy atom. The van der Waals surface area contributed by atoms with Crippen molar-refractivity contribution in [3.63, 3.8) is 0 Å². The summed E-state index contributed by atoms with van der Waals surface area (Å²) >= 11 is 0. The van der Waals surface area contributed by atoms with Gasteiger partial charge in [-0.15, -0.1) is 0 Å². The first-order chi connectivity index (χ1) is 14.6. The second-order valence-corrected chi connectivity index (χ2v) is 10.1. The Balaban J connectivity index is 0.00000512. The van der Waals surface area contributed by atoms with Gasteiger partial charge in [-0.25, -0.2) is 0 Å². The summed E-state index contributed by atoms with van der Waals surface area (Å²) in [4.78, 5) is 0. The highest BCUT2D eigenvalue weighted by atomic mass is 35.5. The zero-order valence-electron chi connectivity index (χ0n) is 21.5. The van der Waals surface area contributed by atoms with E-state index in [1.54, 1.807) is 0 Å². The topological polar surface area (TPSA) is 18.5 Å². The van der Waals surface area contributed by atoms with Crippen LogP contribution in [0.4, 0.5) is 0 Å². The van der Waals surface area contributed by atoms with Crippen molar-refractivity contribution in [3.8, 4) is 5.75 Å². The van der Waals surface area contributed by atoms with Gasteiger partial charge in [0.05, 0.1) is 27.2 Å². The highest BCUT2D eigenvalue weighted by Crippen LogP contribution is 2.42. The van der Waals surface area contributed by atoms with Crippen molar-refractivity contribution in [1.29, 1.82) is 0 Å². The molecule has 3 nitrogen and oxygen atoms in total. The predicted molar refractivity (Wildman–Crippen MR) is 131 cm³/mol. The summed E-state index contributed by atoms with van der Waals surface area (Å²) in [7, 11) is 4.61. The fourth-order valence-corrected chi connectivity index (χ4v) is 4.44. The van der Waals surface area contributed by atoms with Crippen LogP contribution in [0.2, 0.25) is 0 Å². The molecule has 0 fully saturated rings. The highest BCUT2D eigenvalue weighted by Gasteiger charge is 2.49. The quantitative estimate of drug-likeness (QED) is 0.273. The van der Waals surface area contributed by atoms with Crippen molar-refractivity contribution < 1.29 is 26.4 Å². The summed E-state index contributed by atoms with van der Waals surface area (Å²) in [5.41, 5.74) is 3.74. The molecule has 180 valence electrons. The Hall–Kier alpha value is -1.55. The average Bonchev–Trinajstić information content (AvgIpc) is 2.72. The first kappa shape index (κ1) is 28.5. The lowest BCUT2D eigenvalue weighted by atomic mass is 9.83. The van der Waals surface area contributed by atoms with E-state index in [0.29, 0.717) is 25.0 Å². The Kier molecular flexibility index (Phi) is 11.2. The molecular weight excluding hydrogens is 418 g/mol. The van der Waals surface area contributed by atoms with Crippen LogP contribution in [0, 0.1) is 18.8 Å². The van der Waals surface area contributed by atoms with Crippen LogP contribution in [0.1, 0.15) is 57.7 Å². The molecule has 0 aliphatic rings. The van der Waals surface area contributed by atoms with Gasteiger partial charge in [0.2, 0.25) is 5.72 Å². The van der Waals surface area contributed by atoms with Crippen molar-refractivity contribution in [2.24, 2.45) is 11.8 Å². The van der Waals surface area contributed by atoms with Crippen LogP contribution in [0.3, 0.4) is 0 Å². The molecule has 2 rings (SSSR count). The molecule has 2 aromatic rings. The predicted octanol–water partition coefficient (Wildman–Crippen LogP) is 3.59. The molecule has 0 saturated heterocycles. The molecule has 2 aromatic carbocycles. The third-order valence-electron chi connectivity index (χ3n) is 6.33. The van der Waals surface area contributed by atoms with Crippen molar-refractivity contribution in [1.82, 2.24) is 0 Å². The minimum absolute atomic E-state index is 0. The second-order valence-electron chi connectivity index (χ2n) is 10.1. The SMILES string of the molecule is CC[N+](C)(C)C(CC(C)C)(OCCOc1ccccc1)c1cccc(C)c1CC(C)C.[Cl-]. The van der Waals surface area contributed by atoms with Gasteiger partial charge in [0.1, 0.15) is 12.4 Å². The summed E-state index contributed by atoms with van der Waals surface area (Å²) in [5.74, 6) is 1.99. The molecule has 0 bridgehead atoms.